The number of hydrogen-bond donors (Lipinski definition) is 0. The van der Waals surface area contributed by atoms with Crippen LogP contribution in [0, 0.1) is 5.41 Å². The van der Waals surface area contributed by atoms with E-state index >= 15 is 0 Å². The van der Waals surface area contributed by atoms with Crippen molar-refractivity contribution in [3.8, 4) is 0 Å². The molecule has 3 unspecified atom stereocenters. The Labute approximate surface area is 131 Å². The second-order valence-corrected chi connectivity index (χ2v) is 8.54. The molecule has 1 saturated heterocycles. The molecule has 1 aliphatic heterocycles. The molecule has 0 bridgehead atoms. The smallest absolute Gasteiger partial charge is 0.404 e. The van der Waals surface area contributed by atoms with Crippen LogP contribution in [0.2, 0.25) is 0 Å². The van der Waals surface area contributed by atoms with E-state index in [0.717, 1.165) is 37.7 Å². The molecule has 1 saturated carbocycles. The number of esters is 1. The Bertz CT molecular complexity index is 402. The van der Waals surface area contributed by atoms with Gasteiger partial charge in [-0.1, -0.05) is 6.92 Å². The fourth-order valence-electron chi connectivity index (χ4n) is 2.70. The van der Waals surface area contributed by atoms with Gasteiger partial charge >= 0.3 is 12.1 Å². The molecule has 7 heteroatoms. The van der Waals surface area contributed by atoms with Crippen molar-refractivity contribution in [2.24, 2.45) is 5.41 Å². The molecule has 0 aromatic heterocycles. The Morgan fingerprint density at radius 3 is 2.67 bits per heavy atom. The third kappa shape index (κ3) is 3.19. The van der Waals surface area contributed by atoms with E-state index in [-0.39, 0.29) is 11.7 Å². The van der Waals surface area contributed by atoms with E-state index in [0.29, 0.717) is 6.42 Å². The van der Waals surface area contributed by atoms with Crippen molar-refractivity contribution in [3.05, 3.63) is 0 Å². The van der Waals surface area contributed by atoms with E-state index in [1.54, 1.807) is 11.8 Å². The zero-order valence-corrected chi connectivity index (χ0v) is 13.9. The third-order valence-electron chi connectivity index (χ3n) is 4.48. The first-order valence-corrected chi connectivity index (χ1v) is 9.34. The van der Waals surface area contributed by atoms with E-state index in [2.05, 4.69) is 0 Å². The van der Waals surface area contributed by atoms with Crippen molar-refractivity contribution in [3.63, 3.8) is 0 Å². The molecule has 1 heterocycles. The molecule has 3 atom stereocenters. The zero-order chi connectivity index (χ0) is 15.7. The van der Waals surface area contributed by atoms with Gasteiger partial charge in [0.2, 0.25) is 0 Å². The summed E-state index contributed by atoms with van der Waals surface area (Å²) in [7, 11) is 0. The van der Waals surface area contributed by atoms with Crippen LogP contribution in [0.4, 0.5) is 13.2 Å². The fraction of sp³-hybridized carbons (Fsp3) is 0.929. The van der Waals surface area contributed by atoms with Crippen LogP contribution in [-0.4, -0.2) is 33.8 Å². The molecule has 0 amide bonds. The first kappa shape index (κ1) is 17.3. The average Bonchev–Trinajstić information content (AvgIpc) is 2.69. The lowest BCUT2D eigenvalue weighted by molar-refractivity contribution is -0.234. The molecule has 0 aromatic carbocycles. The van der Waals surface area contributed by atoms with Gasteiger partial charge in [-0.15, -0.1) is 11.8 Å². The minimum absolute atomic E-state index is 0.128. The maximum atomic E-state index is 13.2. The van der Waals surface area contributed by atoms with Gasteiger partial charge in [0, 0.05) is 0 Å². The van der Waals surface area contributed by atoms with Crippen LogP contribution >= 0.6 is 23.5 Å². The van der Waals surface area contributed by atoms with Crippen LogP contribution in [-0.2, 0) is 9.53 Å². The molecule has 0 N–H and O–H groups in total. The summed E-state index contributed by atoms with van der Waals surface area (Å²) < 4.78 is 45.2. The summed E-state index contributed by atoms with van der Waals surface area (Å²) in [6.07, 6.45) is -1.37. The maximum absolute atomic E-state index is 13.2. The predicted molar refractivity (Wildman–Crippen MR) is 80.4 cm³/mol. The molecule has 122 valence electrons. The Morgan fingerprint density at radius 1 is 1.33 bits per heavy atom. The number of rotatable bonds is 3. The summed E-state index contributed by atoms with van der Waals surface area (Å²) >= 11 is 3.28. The average molecular weight is 342 g/mol. The van der Waals surface area contributed by atoms with E-state index < -0.39 is 22.5 Å². The minimum atomic E-state index is -4.58. The molecule has 1 aliphatic carbocycles. The van der Waals surface area contributed by atoms with Crippen LogP contribution < -0.4 is 0 Å². The van der Waals surface area contributed by atoms with Crippen LogP contribution in [0.15, 0.2) is 0 Å². The quantitative estimate of drug-likeness (QED) is 0.699. The number of hydrogen-bond acceptors (Lipinski definition) is 4. The van der Waals surface area contributed by atoms with Gasteiger partial charge in [-0.3, -0.25) is 4.79 Å². The zero-order valence-electron chi connectivity index (χ0n) is 12.3. The Kier molecular flexibility index (Phi) is 5.13. The molecule has 2 aliphatic rings. The summed E-state index contributed by atoms with van der Waals surface area (Å²) in [5, 5.41) is 0.128. The molecule has 2 rings (SSSR count). The van der Waals surface area contributed by atoms with E-state index in [9.17, 15) is 18.0 Å². The predicted octanol–water partition coefficient (Wildman–Crippen LogP) is 4.63. The van der Waals surface area contributed by atoms with E-state index in [1.807, 2.05) is 0 Å². The maximum Gasteiger partial charge on any atom is 0.404 e. The van der Waals surface area contributed by atoms with Crippen LogP contribution in [0.5, 0.6) is 0 Å². The van der Waals surface area contributed by atoms with E-state index in [4.69, 9.17) is 4.74 Å². The molecular weight excluding hydrogens is 321 g/mol. The van der Waals surface area contributed by atoms with Gasteiger partial charge in [-0.25, -0.2) is 0 Å². The lowest BCUT2D eigenvalue weighted by Gasteiger charge is -2.37. The Morgan fingerprint density at radius 2 is 2.05 bits per heavy atom. The van der Waals surface area contributed by atoms with Crippen molar-refractivity contribution in [1.29, 1.82) is 0 Å². The number of fused-ring (bicyclic) bond motifs is 1. The van der Waals surface area contributed by atoms with Gasteiger partial charge < -0.3 is 4.74 Å². The van der Waals surface area contributed by atoms with Gasteiger partial charge in [0.25, 0.3) is 0 Å². The van der Waals surface area contributed by atoms with Gasteiger partial charge in [-0.2, -0.15) is 24.9 Å². The first-order valence-electron chi connectivity index (χ1n) is 7.31. The van der Waals surface area contributed by atoms with Gasteiger partial charge in [0.1, 0.15) is 0 Å². The largest absolute Gasteiger partial charge is 0.446 e. The molecule has 0 aromatic rings. The monoisotopic (exact) mass is 342 g/mol. The number of alkyl halides is 3. The lowest BCUT2D eigenvalue weighted by Crippen LogP contribution is -2.48. The molecule has 0 spiro atoms. The Hall–Kier alpha value is -0.0400. The van der Waals surface area contributed by atoms with Crippen LogP contribution in [0.3, 0.4) is 0 Å². The Balaban J connectivity index is 2.20. The van der Waals surface area contributed by atoms with Crippen molar-refractivity contribution < 1.29 is 22.7 Å². The first-order chi connectivity index (χ1) is 9.75. The number of halogens is 3. The van der Waals surface area contributed by atoms with Gasteiger partial charge in [-0.05, 0) is 50.5 Å². The number of thioether (sulfide) groups is 2. The SMILES string of the molecule is CCC(C)(C(=O)OC12CCCC1SCCCS2)C(F)(F)F. The van der Waals surface area contributed by atoms with Crippen molar-refractivity contribution in [2.45, 2.75) is 62.3 Å². The van der Waals surface area contributed by atoms with Crippen LogP contribution in [0.25, 0.3) is 0 Å². The topological polar surface area (TPSA) is 26.3 Å². The summed E-state index contributed by atoms with van der Waals surface area (Å²) in [4.78, 5) is 11.5. The second-order valence-electron chi connectivity index (χ2n) is 5.84. The molecule has 2 fully saturated rings. The van der Waals surface area contributed by atoms with Crippen LogP contribution in [0.1, 0.15) is 46.0 Å². The normalized spacial score (nSPS) is 32.9. The summed E-state index contributed by atoms with van der Waals surface area (Å²) in [6.45, 7) is 2.33. The lowest BCUT2D eigenvalue weighted by atomic mass is 9.87. The summed E-state index contributed by atoms with van der Waals surface area (Å²) in [5.41, 5.74) is -2.41. The number of carbonyl (C=O) groups excluding carboxylic acids is 1. The third-order valence-corrected chi connectivity index (χ3v) is 7.73. The summed E-state index contributed by atoms with van der Waals surface area (Å²) in [6, 6.07) is 0. The number of ether oxygens (including phenoxy) is 1. The second kappa shape index (κ2) is 6.22. The fourth-order valence-corrected chi connectivity index (χ4v) is 6.00. The van der Waals surface area contributed by atoms with Gasteiger partial charge in [0.15, 0.2) is 10.3 Å². The summed E-state index contributed by atoms with van der Waals surface area (Å²) in [5.74, 6) is 0.715. The molecule has 21 heavy (non-hydrogen) atoms. The molecule has 0 radical (unpaired) electrons. The standard InChI is InChI=1S/C14H21F3O2S2/c1-3-12(2,14(15,16)17)11(18)19-13-7-4-6-10(13)20-8-5-9-21-13/h10H,3-9H2,1-2H3. The van der Waals surface area contributed by atoms with E-state index in [1.165, 1.54) is 18.7 Å². The highest BCUT2D eigenvalue weighted by molar-refractivity contribution is 8.04. The van der Waals surface area contributed by atoms with Crippen molar-refractivity contribution in [2.75, 3.05) is 11.5 Å². The highest BCUT2D eigenvalue weighted by atomic mass is 32.2. The highest BCUT2D eigenvalue weighted by Gasteiger charge is 2.59. The van der Waals surface area contributed by atoms with Gasteiger partial charge in [0.05, 0.1) is 5.25 Å². The van der Waals surface area contributed by atoms with Crippen molar-refractivity contribution in [1.82, 2.24) is 0 Å². The highest BCUT2D eigenvalue weighted by Crippen LogP contribution is 2.52. The van der Waals surface area contributed by atoms with Crippen molar-refractivity contribution >= 4 is 29.5 Å². The molecular formula is C14H21F3O2S2. The number of carbonyl (C=O) groups is 1. The molecule has 2 nitrogen and oxygen atoms in total. The minimum Gasteiger partial charge on any atom is -0.446 e.